The Labute approximate surface area is 201 Å². The molecule has 1 aliphatic heterocycles. The number of nitrogens with zero attached hydrogens (tertiary/aromatic N) is 2. The molecule has 3 atom stereocenters. The van der Waals surface area contributed by atoms with Gasteiger partial charge in [0, 0.05) is 19.0 Å². The summed E-state index contributed by atoms with van der Waals surface area (Å²) in [5.41, 5.74) is 0.419. The summed E-state index contributed by atoms with van der Waals surface area (Å²) in [4.78, 5) is 17.1. The number of fused-ring (bicyclic) bond motifs is 1. The Morgan fingerprint density at radius 3 is 2.50 bits per heavy atom. The lowest BCUT2D eigenvalue weighted by molar-refractivity contribution is 0.0366. The van der Waals surface area contributed by atoms with E-state index in [-0.39, 0.29) is 46.4 Å². The topological polar surface area (TPSA) is 108 Å². The first-order chi connectivity index (χ1) is 16.1. The summed E-state index contributed by atoms with van der Waals surface area (Å²) >= 11 is 0. The molecule has 0 radical (unpaired) electrons. The predicted octanol–water partition coefficient (Wildman–Crippen LogP) is 2.28. The average Bonchev–Trinajstić information content (AvgIpc) is 2.80. The highest BCUT2D eigenvalue weighted by Gasteiger charge is 2.34. The lowest BCUT2D eigenvalue weighted by Gasteiger charge is -2.38. The summed E-state index contributed by atoms with van der Waals surface area (Å²) in [5.74, 6) is 0.325. The number of nitrogens with one attached hydrogen (secondary N) is 1. The molecule has 0 saturated carbocycles. The first kappa shape index (κ1) is 25.8. The van der Waals surface area contributed by atoms with Gasteiger partial charge in [-0.3, -0.25) is 9.52 Å². The number of sulfonamides is 1. The van der Waals surface area contributed by atoms with E-state index in [1.165, 1.54) is 19.2 Å². The van der Waals surface area contributed by atoms with E-state index in [0.717, 1.165) is 0 Å². The molecule has 10 heteroatoms. The molecule has 0 fully saturated rings. The maximum atomic E-state index is 13.5. The zero-order valence-corrected chi connectivity index (χ0v) is 21.0. The minimum Gasteiger partial charge on any atom is -0.497 e. The number of benzene rings is 2. The second-order valence-electron chi connectivity index (χ2n) is 8.85. The van der Waals surface area contributed by atoms with E-state index in [4.69, 9.17) is 9.47 Å². The number of methoxy groups -OCH3 is 1. The van der Waals surface area contributed by atoms with Crippen molar-refractivity contribution in [2.24, 2.45) is 5.92 Å². The fraction of sp³-hybridized carbons (Fsp3) is 0.458. The minimum absolute atomic E-state index is 0.0526. The average molecular weight is 492 g/mol. The van der Waals surface area contributed by atoms with E-state index in [0.29, 0.717) is 18.8 Å². The van der Waals surface area contributed by atoms with Gasteiger partial charge >= 0.3 is 0 Å². The van der Waals surface area contributed by atoms with Crippen molar-refractivity contribution in [3.8, 4) is 11.5 Å². The number of aliphatic hydroxyl groups is 1. The Morgan fingerprint density at radius 1 is 1.24 bits per heavy atom. The number of hydrogen-bond donors (Lipinski definition) is 2. The number of likely N-dealkylation sites (N-methyl/N-ethyl adjacent to an activating group) is 1. The number of carbonyl (C=O) groups excluding carboxylic acids is 1. The molecule has 2 aromatic rings. The lowest BCUT2D eigenvalue weighted by atomic mass is 9.99. The molecular weight excluding hydrogens is 458 g/mol. The highest BCUT2D eigenvalue weighted by molar-refractivity contribution is 7.92. The van der Waals surface area contributed by atoms with Crippen LogP contribution in [0.4, 0.5) is 5.69 Å². The van der Waals surface area contributed by atoms with Gasteiger partial charge in [-0.1, -0.05) is 13.0 Å². The van der Waals surface area contributed by atoms with E-state index >= 15 is 0 Å². The Kier molecular flexibility index (Phi) is 8.06. The number of hydrogen-bond acceptors (Lipinski definition) is 7. The molecule has 0 spiro atoms. The van der Waals surface area contributed by atoms with E-state index in [9.17, 15) is 18.3 Å². The maximum absolute atomic E-state index is 13.5. The molecular formula is C24H33N3O6S. The van der Waals surface area contributed by atoms with Crippen LogP contribution in [0.15, 0.2) is 47.4 Å². The van der Waals surface area contributed by atoms with Crippen LogP contribution in [0.2, 0.25) is 0 Å². The van der Waals surface area contributed by atoms with Crippen molar-refractivity contribution in [2.45, 2.75) is 30.9 Å². The fourth-order valence-corrected chi connectivity index (χ4v) is 4.92. The van der Waals surface area contributed by atoms with Gasteiger partial charge in [0.25, 0.3) is 15.9 Å². The van der Waals surface area contributed by atoms with Crippen LogP contribution in [0.5, 0.6) is 11.5 Å². The molecule has 0 saturated heterocycles. The second kappa shape index (κ2) is 10.6. The number of aliphatic hydroxyl groups excluding tert-OH is 1. The molecule has 1 amide bonds. The van der Waals surface area contributed by atoms with Gasteiger partial charge in [-0.05, 0) is 57.4 Å². The van der Waals surface area contributed by atoms with Crippen molar-refractivity contribution >= 4 is 21.6 Å². The standard InChI is InChI=1S/C24H33N3O6S/c1-16-13-27(17(2)15-28)24(29)20-7-6-8-21(23(20)33-22(16)14-26(3)4)25-34(30,31)19-11-9-18(32-5)10-12-19/h6-12,16-17,22,25,28H,13-15H2,1-5H3/t16-,17+,22-/m1/s1. The van der Waals surface area contributed by atoms with E-state index in [2.05, 4.69) is 4.72 Å². The van der Waals surface area contributed by atoms with Gasteiger partial charge < -0.3 is 24.4 Å². The summed E-state index contributed by atoms with van der Waals surface area (Å²) in [6.45, 7) is 4.55. The zero-order chi connectivity index (χ0) is 25.0. The van der Waals surface area contributed by atoms with Crippen LogP contribution < -0.4 is 14.2 Å². The fourth-order valence-electron chi connectivity index (χ4n) is 3.86. The molecule has 2 N–H and O–H groups in total. The van der Waals surface area contributed by atoms with Crippen molar-refractivity contribution in [1.82, 2.24) is 9.80 Å². The van der Waals surface area contributed by atoms with Crippen LogP contribution in [0.25, 0.3) is 0 Å². The van der Waals surface area contributed by atoms with E-state index < -0.39 is 16.1 Å². The first-order valence-corrected chi connectivity index (χ1v) is 12.6. The minimum atomic E-state index is -3.96. The maximum Gasteiger partial charge on any atom is 0.262 e. The van der Waals surface area contributed by atoms with Gasteiger partial charge in [0.1, 0.15) is 11.9 Å². The molecule has 0 bridgehead atoms. The van der Waals surface area contributed by atoms with Crippen LogP contribution in [-0.4, -0.2) is 82.3 Å². The van der Waals surface area contributed by atoms with E-state index in [1.54, 1.807) is 42.2 Å². The number of rotatable bonds is 8. The normalized spacial score (nSPS) is 19.6. The van der Waals surface area contributed by atoms with Crippen LogP contribution in [0.3, 0.4) is 0 Å². The Hall–Kier alpha value is -2.82. The third-order valence-electron chi connectivity index (χ3n) is 5.85. The number of carbonyl (C=O) groups is 1. The summed E-state index contributed by atoms with van der Waals surface area (Å²) in [7, 11) is 1.39. The molecule has 1 heterocycles. The molecule has 0 unspecified atom stereocenters. The SMILES string of the molecule is COc1ccc(S(=O)(=O)Nc2cccc3c2O[C@H](CN(C)C)[C@H](C)CN([C@@H](C)CO)C3=O)cc1. The van der Waals surface area contributed by atoms with Crippen molar-refractivity contribution in [2.75, 3.05) is 45.6 Å². The largest absolute Gasteiger partial charge is 0.497 e. The van der Waals surface area contributed by atoms with Crippen LogP contribution in [0, 0.1) is 5.92 Å². The van der Waals surface area contributed by atoms with E-state index in [1.807, 2.05) is 25.9 Å². The van der Waals surface area contributed by atoms with Crippen LogP contribution in [0.1, 0.15) is 24.2 Å². The van der Waals surface area contributed by atoms with Gasteiger partial charge in [0.15, 0.2) is 5.75 Å². The third-order valence-corrected chi connectivity index (χ3v) is 7.23. The monoisotopic (exact) mass is 491 g/mol. The summed E-state index contributed by atoms with van der Waals surface area (Å²) in [6, 6.07) is 10.4. The number of amides is 1. The number of para-hydroxylation sites is 1. The molecule has 0 aliphatic carbocycles. The number of ether oxygens (including phenoxy) is 2. The molecule has 9 nitrogen and oxygen atoms in total. The summed E-state index contributed by atoms with van der Waals surface area (Å²) < 4.78 is 40.3. The van der Waals surface area contributed by atoms with Gasteiger partial charge in [-0.25, -0.2) is 8.42 Å². The van der Waals surface area contributed by atoms with Crippen molar-refractivity contribution in [3.63, 3.8) is 0 Å². The molecule has 0 aromatic heterocycles. The lowest BCUT2D eigenvalue weighted by Crippen LogP contribution is -2.49. The molecule has 34 heavy (non-hydrogen) atoms. The van der Waals surface area contributed by atoms with Gasteiger partial charge in [-0.15, -0.1) is 0 Å². The summed E-state index contributed by atoms with van der Waals surface area (Å²) in [5, 5.41) is 9.75. The zero-order valence-electron chi connectivity index (χ0n) is 20.2. The van der Waals surface area contributed by atoms with Crippen molar-refractivity contribution in [3.05, 3.63) is 48.0 Å². The second-order valence-corrected chi connectivity index (χ2v) is 10.5. The van der Waals surface area contributed by atoms with Crippen molar-refractivity contribution in [1.29, 1.82) is 0 Å². The molecule has 186 valence electrons. The van der Waals surface area contributed by atoms with Gasteiger partial charge in [0.05, 0.1) is 35.9 Å². The van der Waals surface area contributed by atoms with Gasteiger partial charge in [0.2, 0.25) is 0 Å². The smallest absolute Gasteiger partial charge is 0.262 e. The quantitative estimate of drug-likeness (QED) is 0.583. The van der Waals surface area contributed by atoms with Crippen LogP contribution in [-0.2, 0) is 10.0 Å². The molecule has 3 rings (SSSR count). The molecule has 2 aromatic carbocycles. The Balaban J connectivity index is 2.07. The first-order valence-electron chi connectivity index (χ1n) is 11.1. The number of anilines is 1. The third kappa shape index (κ3) is 5.63. The predicted molar refractivity (Wildman–Crippen MR) is 130 cm³/mol. The van der Waals surface area contributed by atoms with Crippen LogP contribution >= 0.6 is 0 Å². The summed E-state index contributed by atoms with van der Waals surface area (Å²) in [6.07, 6.45) is -0.318. The highest BCUT2D eigenvalue weighted by atomic mass is 32.2. The highest BCUT2D eigenvalue weighted by Crippen LogP contribution is 2.36. The molecule has 1 aliphatic rings. The van der Waals surface area contributed by atoms with Gasteiger partial charge in [-0.2, -0.15) is 0 Å². The van der Waals surface area contributed by atoms with Crippen molar-refractivity contribution < 1.29 is 27.8 Å². The Morgan fingerprint density at radius 2 is 1.91 bits per heavy atom. The Bertz CT molecular complexity index is 1100.